The normalized spacial score (nSPS) is 14.6. The number of nitrogens with zero attached hydrogens (tertiary/aromatic N) is 3. The summed E-state index contributed by atoms with van der Waals surface area (Å²) < 4.78 is 12.5. The number of aromatic nitrogens is 2. The lowest BCUT2D eigenvalue weighted by Crippen LogP contribution is -2.56. The zero-order valence-corrected chi connectivity index (χ0v) is 13.9. The van der Waals surface area contributed by atoms with E-state index in [1.807, 2.05) is 31.3 Å². The van der Waals surface area contributed by atoms with E-state index in [1.165, 1.54) is 6.07 Å². The van der Waals surface area contributed by atoms with Gasteiger partial charge in [-0.15, -0.1) is 0 Å². The Hall–Kier alpha value is -3.09. The van der Waals surface area contributed by atoms with Crippen molar-refractivity contribution in [3.05, 3.63) is 64.1 Å². The van der Waals surface area contributed by atoms with Gasteiger partial charge in [0.25, 0.3) is 5.91 Å². The summed E-state index contributed by atoms with van der Waals surface area (Å²) in [5.74, 6) is 0.896. The van der Waals surface area contributed by atoms with Crippen molar-refractivity contribution in [1.82, 2.24) is 14.3 Å². The number of fused-ring (bicyclic) bond motifs is 1. The van der Waals surface area contributed by atoms with E-state index in [1.54, 1.807) is 22.3 Å². The topological polar surface area (TPSA) is 77.1 Å². The van der Waals surface area contributed by atoms with E-state index in [4.69, 9.17) is 9.15 Å². The molecule has 4 rings (SSSR count). The molecule has 0 radical (unpaired) electrons. The summed E-state index contributed by atoms with van der Waals surface area (Å²) in [6, 6.07) is 8.61. The van der Waals surface area contributed by atoms with Gasteiger partial charge < -0.3 is 14.1 Å². The quantitative estimate of drug-likeness (QED) is 0.727. The Morgan fingerprint density at radius 2 is 2.08 bits per heavy atom. The van der Waals surface area contributed by atoms with Crippen molar-refractivity contribution >= 4 is 11.6 Å². The number of ether oxygens (including phenoxy) is 1. The molecule has 7 nitrogen and oxygen atoms in total. The molecule has 1 aliphatic rings. The van der Waals surface area contributed by atoms with Gasteiger partial charge in [0.1, 0.15) is 29.0 Å². The number of aryl methyl sites for hydroxylation is 2. The fraction of sp³-hybridized carbons (Fsp3) is 0.278. The van der Waals surface area contributed by atoms with Crippen molar-refractivity contribution in [2.24, 2.45) is 0 Å². The van der Waals surface area contributed by atoms with Crippen LogP contribution in [0.2, 0.25) is 0 Å². The Bertz CT molecular complexity index is 1010. The van der Waals surface area contributed by atoms with Gasteiger partial charge in [-0.2, -0.15) is 0 Å². The molecule has 0 N–H and O–H groups in total. The molecule has 0 atom stereocenters. The van der Waals surface area contributed by atoms with Gasteiger partial charge in [-0.3, -0.25) is 9.20 Å². The number of hydrogen-bond acceptors (Lipinski definition) is 5. The maximum atomic E-state index is 12.8. The van der Waals surface area contributed by atoms with Crippen LogP contribution in [-0.2, 0) is 0 Å². The van der Waals surface area contributed by atoms with Crippen LogP contribution in [0.3, 0.4) is 0 Å². The van der Waals surface area contributed by atoms with Crippen LogP contribution in [0, 0.1) is 13.8 Å². The summed E-state index contributed by atoms with van der Waals surface area (Å²) in [5, 5.41) is 0. The fourth-order valence-electron chi connectivity index (χ4n) is 3.04. The van der Waals surface area contributed by atoms with Crippen molar-refractivity contribution in [3.8, 4) is 5.75 Å². The van der Waals surface area contributed by atoms with Crippen molar-refractivity contribution in [3.63, 3.8) is 0 Å². The summed E-state index contributed by atoms with van der Waals surface area (Å²) in [6.45, 7) is 4.47. The van der Waals surface area contributed by atoms with Crippen LogP contribution in [-0.4, -0.2) is 39.4 Å². The lowest BCUT2D eigenvalue weighted by Gasteiger charge is -2.38. The highest BCUT2D eigenvalue weighted by Gasteiger charge is 2.35. The molecule has 0 aliphatic carbocycles. The Balaban J connectivity index is 1.47. The molecule has 0 spiro atoms. The van der Waals surface area contributed by atoms with Crippen molar-refractivity contribution in [2.75, 3.05) is 13.1 Å². The van der Waals surface area contributed by atoms with Gasteiger partial charge in [0, 0.05) is 12.3 Å². The van der Waals surface area contributed by atoms with Crippen LogP contribution in [0.25, 0.3) is 5.65 Å². The third-order valence-electron chi connectivity index (χ3n) is 4.21. The van der Waals surface area contributed by atoms with Crippen molar-refractivity contribution in [2.45, 2.75) is 20.0 Å². The van der Waals surface area contributed by atoms with Crippen LogP contribution in [0.4, 0.5) is 0 Å². The maximum Gasteiger partial charge on any atom is 0.339 e. The third kappa shape index (κ3) is 2.77. The first-order valence-corrected chi connectivity index (χ1v) is 8.02. The number of carbonyl (C=O) groups excluding carboxylic acids is 1. The standard InChI is InChI=1S/C18H17N3O4/c1-11-7-13(8-16(22)24-11)25-14-9-20(10-14)18(23)17-12(2)19-15-5-3-4-6-21(15)17/h3-8,14H,9-10H2,1-2H3. The molecule has 0 aromatic carbocycles. The van der Waals surface area contributed by atoms with Crippen LogP contribution < -0.4 is 10.4 Å². The number of hydrogen-bond donors (Lipinski definition) is 0. The van der Waals surface area contributed by atoms with Gasteiger partial charge >= 0.3 is 5.63 Å². The van der Waals surface area contributed by atoms with Crippen LogP contribution in [0.15, 0.2) is 45.7 Å². The predicted octanol–water partition coefficient (Wildman–Crippen LogP) is 1.81. The minimum absolute atomic E-state index is 0.0696. The van der Waals surface area contributed by atoms with E-state index >= 15 is 0 Å². The SMILES string of the molecule is Cc1cc(OC2CN(C(=O)c3c(C)nc4ccccn34)C2)cc(=O)o1. The molecule has 7 heteroatoms. The average Bonchev–Trinajstić information content (AvgIpc) is 2.84. The molecule has 25 heavy (non-hydrogen) atoms. The molecule has 1 saturated heterocycles. The molecular weight excluding hydrogens is 322 g/mol. The second-order valence-electron chi connectivity index (χ2n) is 6.15. The number of amides is 1. The molecule has 128 valence electrons. The zero-order chi connectivity index (χ0) is 17.6. The summed E-state index contributed by atoms with van der Waals surface area (Å²) in [4.78, 5) is 30.3. The predicted molar refractivity (Wildman–Crippen MR) is 90.0 cm³/mol. The summed E-state index contributed by atoms with van der Waals surface area (Å²) >= 11 is 0. The van der Waals surface area contributed by atoms with Gasteiger partial charge in [0.2, 0.25) is 0 Å². The van der Waals surface area contributed by atoms with E-state index in [2.05, 4.69) is 4.98 Å². The molecule has 0 saturated carbocycles. The second kappa shape index (κ2) is 5.77. The van der Waals surface area contributed by atoms with Crippen LogP contribution in [0.5, 0.6) is 5.75 Å². The molecule has 3 aromatic heterocycles. The lowest BCUT2D eigenvalue weighted by atomic mass is 10.1. The molecule has 1 fully saturated rings. The highest BCUT2D eigenvalue weighted by molar-refractivity contribution is 5.95. The number of pyridine rings is 1. The van der Waals surface area contributed by atoms with Crippen molar-refractivity contribution in [1.29, 1.82) is 0 Å². The summed E-state index contributed by atoms with van der Waals surface area (Å²) in [5.41, 5.74) is 1.59. The monoisotopic (exact) mass is 339 g/mol. The Kier molecular flexibility index (Phi) is 3.56. The highest BCUT2D eigenvalue weighted by atomic mass is 16.5. The fourth-order valence-corrected chi connectivity index (χ4v) is 3.04. The molecular formula is C18H17N3O4. The molecule has 0 unspecified atom stereocenters. The minimum atomic E-state index is -0.441. The summed E-state index contributed by atoms with van der Waals surface area (Å²) in [6.07, 6.45) is 1.70. The van der Waals surface area contributed by atoms with E-state index in [-0.39, 0.29) is 12.0 Å². The maximum absolute atomic E-state index is 12.8. The smallest absolute Gasteiger partial charge is 0.339 e. The largest absolute Gasteiger partial charge is 0.486 e. The second-order valence-corrected chi connectivity index (χ2v) is 6.15. The average molecular weight is 339 g/mol. The Labute approximate surface area is 143 Å². The van der Waals surface area contributed by atoms with Crippen molar-refractivity contribution < 1.29 is 13.9 Å². The molecule has 1 amide bonds. The van der Waals surface area contributed by atoms with Crippen LogP contribution >= 0.6 is 0 Å². The van der Waals surface area contributed by atoms with Gasteiger partial charge in [-0.1, -0.05) is 6.07 Å². The first-order valence-electron chi connectivity index (χ1n) is 8.02. The molecule has 1 aliphatic heterocycles. The first kappa shape index (κ1) is 15.4. The molecule has 3 aromatic rings. The van der Waals surface area contributed by atoms with Gasteiger partial charge in [0.15, 0.2) is 0 Å². The number of carbonyl (C=O) groups is 1. The van der Waals surface area contributed by atoms with Gasteiger partial charge in [-0.25, -0.2) is 9.78 Å². The van der Waals surface area contributed by atoms with Gasteiger partial charge in [0.05, 0.1) is 24.8 Å². The first-order chi connectivity index (χ1) is 12.0. The molecule has 4 heterocycles. The minimum Gasteiger partial charge on any atom is -0.486 e. The Morgan fingerprint density at radius 3 is 2.84 bits per heavy atom. The van der Waals surface area contributed by atoms with Gasteiger partial charge in [-0.05, 0) is 26.0 Å². The van der Waals surface area contributed by atoms with Crippen LogP contribution in [0.1, 0.15) is 21.9 Å². The Morgan fingerprint density at radius 1 is 1.28 bits per heavy atom. The van der Waals surface area contributed by atoms with E-state index in [0.29, 0.717) is 36.0 Å². The number of rotatable bonds is 3. The van der Waals surface area contributed by atoms with E-state index in [9.17, 15) is 9.59 Å². The summed E-state index contributed by atoms with van der Waals surface area (Å²) in [7, 11) is 0. The number of imidazole rings is 1. The zero-order valence-electron chi connectivity index (χ0n) is 13.9. The highest BCUT2D eigenvalue weighted by Crippen LogP contribution is 2.21. The molecule has 0 bridgehead atoms. The van der Waals surface area contributed by atoms with E-state index in [0.717, 1.165) is 5.65 Å². The lowest BCUT2D eigenvalue weighted by molar-refractivity contribution is 0.0169. The number of likely N-dealkylation sites (tertiary alicyclic amines) is 1. The van der Waals surface area contributed by atoms with E-state index < -0.39 is 5.63 Å². The third-order valence-corrected chi connectivity index (χ3v) is 4.21.